The lowest BCUT2D eigenvalue weighted by Crippen LogP contribution is -2.38. The van der Waals surface area contributed by atoms with Gasteiger partial charge in [0.15, 0.2) is 0 Å². The van der Waals surface area contributed by atoms with Crippen LogP contribution >= 0.6 is 0 Å². The van der Waals surface area contributed by atoms with Crippen LogP contribution in [-0.4, -0.2) is 58.2 Å². The van der Waals surface area contributed by atoms with Gasteiger partial charge in [0.05, 0.1) is 24.7 Å². The normalized spacial score (nSPS) is 14.8. The van der Waals surface area contributed by atoms with Crippen LogP contribution in [0.2, 0.25) is 0 Å². The highest BCUT2D eigenvalue weighted by Gasteiger charge is 2.35. The summed E-state index contributed by atoms with van der Waals surface area (Å²) in [6.07, 6.45) is -1.43. The first-order valence-corrected chi connectivity index (χ1v) is 16.2. The maximum atomic E-state index is 13.4. The minimum absolute atomic E-state index is 0.0121. The topological polar surface area (TPSA) is 150 Å². The van der Waals surface area contributed by atoms with E-state index in [1.54, 1.807) is 29.2 Å². The predicted octanol–water partition coefficient (Wildman–Crippen LogP) is 3.40. The number of hydrogen-bond acceptors (Lipinski definition) is 9. The van der Waals surface area contributed by atoms with Crippen LogP contribution < -0.4 is 10.2 Å². The lowest BCUT2D eigenvalue weighted by atomic mass is 9.94. The van der Waals surface area contributed by atoms with E-state index in [1.807, 2.05) is 54.6 Å². The van der Waals surface area contributed by atoms with Crippen LogP contribution in [0, 0.1) is 17.8 Å². The van der Waals surface area contributed by atoms with Gasteiger partial charge in [-0.2, -0.15) is 0 Å². The number of hydroxylamine groups is 2. The molecular formula is C38H37N3O8. The first-order valence-electron chi connectivity index (χ1n) is 16.2. The molecule has 3 aromatic rings. The van der Waals surface area contributed by atoms with E-state index in [-0.39, 0.29) is 69.6 Å². The van der Waals surface area contributed by atoms with Gasteiger partial charge >= 0.3 is 5.97 Å². The molecule has 1 saturated heterocycles. The lowest BCUT2D eigenvalue weighted by molar-refractivity contribution is -0.200. The first kappa shape index (κ1) is 34.9. The minimum atomic E-state index is -1.18. The number of benzene rings is 3. The Morgan fingerprint density at radius 3 is 2.20 bits per heavy atom. The Balaban J connectivity index is 1.09. The molecule has 2 atom stereocenters. The number of rotatable bonds is 15. The SMILES string of the molecule is O=C(CCC(=O)N1Cc2ccccc2C#Cc2ccccc21)CCC(O)NCC(=O)C[C@@H](Cc1ccccc1)C(=O)ON1C(=O)CCC1=O. The van der Waals surface area contributed by atoms with Crippen LogP contribution in [0.25, 0.3) is 0 Å². The predicted molar refractivity (Wildman–Crippen MR) is 178 cm³/mol. The van der Waals surface area contributed by atoms with E-state index in [1.165, 1.54) is 0 Å². The number of fused-ring (bicyclic) bond motifs is 2. The number of ketones is 2. The van der Waals surface area contributed by atoms with Gasteiger partial charge in [0.2, 0.25) is 5.91 Å². The average molecular weight is 664 g/mol. The summed E-state index contributed by atoms with van der Waals surface area (Å²) >= 11 is 0. The van der Waals surface area contributed by atoms with Gasteiger partial charge in [0.25, 0.3) is 11.8 Å². The molecule has 0 aliphatic carbocycles. The molecule has 0 spiro atoms. The van der Waals surface area contributed by atoms with Crippen molar-refractivity contribution in [1.29, 1.82) is 0 Å². The van der Waals surface area contributed by atoms with Crippen LogP contribution in [0.5, 0.6) is 0 Å². The van der Waals surface area contributed by atoms with Crippen LogP contribution in [0.4, 0.5) is 5.69 Å². The largest absolute Gasteiger partial charge is 0.379 e. The van der Waals surface area contributed by atoms with Crippen LogP contribution in [0.3, 0.4) is 0 Å². The molecular weight excluding hydrogens is 626 g/mol. The van der Waals surface area contributed by atoms with E-state index in [9.17, 15) is 33.9 Å². The fraction of sp³-hybridized carbons (Fsp3) is 0.316. The molecule has 0 saturated carbocycles. The van der Waals surface area contributed by atoms with Gasteiger partial charge in [0.1, 0.15) is 17.8 Å². The van der Waals surface area contributed by atoms with Gasteiger partial charge in [0, 0.05) is 49.7 Å². The number of nitrogens with zero attached hydrogens (tertiary/aromatic N) is 2. The second-order valence-electron chi connectivity index (χ2n) is 12.0. The number of imide groups is 1. The van der Waals surface area contributed by atoms with E-state index in [0.717, 1.165) is 22.3 Å². The number of para-hydroxylation sites is 1. The van der Waals surface area contributed by atoms with Crippen LogP contribution in [0.15, 0.2) is 78.9 Å². The molecule has 2 heterocycles. The zero-order valence-electron chi connectivity index (χ0n) is 26.9. The van der Waals surface area contributed by atoms with Crippen molar-refractivity contribution in [3.05, 3.63) is 101 Å². The van der Waals surface area contributed by atoms with Crippen LogP contribution in [0.1, 0.15) is 67.2 Å². The van der Waals surface area contributed by atoms with Gasteiger partial charge in [-0.05, 0) is 42.2 Å². The molecule has 5 rings (SSSR count). The highest BCUT2D eigenvalue weighted by molar-refractivity contribution is 6.02. The molecule has 11 nitrogen and oxygen atoms in total. The molecule has 0 radical (unpaired) electrons. The van der Waals surface area contributed by atoms with Crippen LogP contribution in [-0.2, 0) is 46.6 Å². The summed E-state index contributed by atoms with van der Waals surface area (Å²) in [6, 6.07) is 24.0. The van der Waals surface area contributed by atoms with Gasteiger partial charge in [-0.25, -0.2) is 4.79 Å². The van der Waals surface area contributed by atoms with Crippen molar-refractivity contribution in [2.75, 3.05) is 11.4 Å². The molecule has 2 N–H and O–H groups in total. The van der Waals surface area contributed by atoms with E-state index < -0.39 is 35.7 Å². The van der Waals surface area contributed by atoms with E-state index in [0.29, 0.717) is 17.3 Å². The van der Waals surface area contributed by atoms with Gasteiger partial charge < -0.3 is 14.8 Å². The van der Waals surface area contributed by atoms with Crippen molar-refractivity contribution in [3.63, 3.8) is 0 Å². The number of nitrogens with one attached hydrogen (secondary N) is 1. The van der Waals surface area contributed by atoms with Crippen molar-refractivity contribution in [2.45, 2.75) is 64.1 Å². The third-order valence-corrected chi connectivity index (χ3v) is 8.34. The van der Waals surface area contributed by atoms with Gasteiger partial charge in [-0.15, -0.1) is 5.06 Å². The summed E-state index contributed by atoms with van der Waals surface area (Å²) in [5.74, 6) is 2.40. The number of anilines is 1. The molecule has 0 aromatic heterocycles. The summed E-state index contributed by atoms with van der Waals surface area (Å²) in [5.41, 5.74) is 3.92. The molecule has 2 aliphatic rings. The second kappa shape index (κ2) is 16.6. The number of Topliss-reactive ketones (excluding diaryl/α,β-unsaturated/α-hetero) is 2. The summed E-state index contributed by atoms with van der Waals surface area (Å²) in [6.45, 7) is 0.0384. The zero-order valence-corrected chi connectivity index (χ0v) is 26.9. The monoisotopic (exact) mass is 663 g/mol. The highest BCUT2D eigenvalue weighted by Crippen LogP contribution is 2.26. The minimum Gasteiger partial charge on any atom is -0.379 e. The van der Waals surface area contributed by atoms with Gasteiger partial charge in [-0.1, -0.05) is 72.5 Å². The summed E-state index contributed by atoms with van der Waals surface area (Å²) in [4.78, 5) is 82.5. The summed E-state index contributed by atoms with van der Waals surface area (Å²) in [5, 5.41) is 13.6. The maximum absolute atomic E-state index is 13.4. The van der Waals surface area contributed by atoms with E-state index in [2.05, 4.69) is 17.2 Å². The Labute approximate surface area is 284 Å². The molecule has 11 heteroatoms. The molecule has 252 valence electrons. The Hall–Kier alpha value is -5.44. The average Bonchev–Trinajstić information content (AvgIpc) is 3.42. The Morgan fingerprint density at radius 1 is 0.796 bits per heavy atom. The maximum Gasteiger partial charge on any atom is 0.337 e. The number of hydrogen-bond donors (Lipinski definition) is 2. The molecule has 3 amide bonds. The number of amides is 3. The molecule has 3 aromatic carbocycles. The fourth-order valence-electron chi connectivity index (χ4n) is 5.65. The molecule has 0 bridgehead atoms. The third-order valence-electron chi connectivity index (χ3n) is 8.34. The standard InChI is InChI=1S/C38H37N3O8/c42-31(17-19-35(45)40-25-29-12-5-4-10-27(29)14-15-28-11-6-7-13-33(28)40)16-18-34(44)39-24-32(43)23-30(22-26-8-2-1-3-9-26)38(48)49-41-36(46)20-21-37(41)47/h1-13,30,34,39,44H,16-25H2/t30-,34?/m1/s1. The third kappa shape index (κ3) is 9.56. The fourth-order valence-corrected chi connectivity index (χ4v) is 5.65. The number of aliphatic hydroxyl groups excluding tert-OH is 1. The number of aliphatic hydroxyl groups is 1. The molecule has 1 fully saturated rings. The van der Waals surface area contributed by atoms with Crippen molar-refractivity contribution >= 4 is 40.9 Å². The van der Waals surface area contributed by atoms with Crippen molar-refractivity contribution in [1.82, 2.24) is 10.4 Å². The summed E-state index contributed by atoms with van der Waals surface area (Å²) < 4.78 is 0. The van der Waals surface area contributed by atoms with Crippen molar-refractivity contribution in [3.8, 4) is 11.8 Å². The Bertz CT molecular complexity index is 1780. The van der Waals surface area contributed by atoms with Crippen molar-refractivity contribution in [2.24, 2.45) is 5.92 Å². The quantitative estimate of drug-likeness (QED) is 0.142. The van der Waals surface area contributed by atoms with Gasteiger partial charge in [-0.3, -0.25) is 29.3 Å². The molecule has 49 heavy (non-hydrogen) atoms. The van der Waals surface area contributed by atoms with E-state index >= 15 is 0 Å². The zero-order chi connectivity index (χ0) is 34.8. The Kier molecular flexibility index (Phi) is 11.8. The molecule has 2 aliphatic heterocycles. The number of carbonyl (C=O) groups is 6. The first-order chi connectivity index (χ1) is 23.7. The van der Waals surface area contributed by atoms with Crippen molar-refractivity contribution < 1.29 is 38.7 Å². The lowest BCUT2D eigenvalue weighted by Gasteiger charge is -2.26. The molecule has 1 unspecified atom stereocenters. The smallest absolute Gasteiger partial charge is 0.337 e. The number of carbonyl (C=O) groups excluding carboxylic acids is 6. The second-order valence-corrected chi connectivity index (χ2v) is 12.0. The summed E-state index contributed by atoms with van der Waals surface area (Å²) in [7, 11) is 0. The Morgan fingerprint density at radius 2 is 1.45 bits per heavy atom. The van der Waals surface area contributed by atoms with E-state index in [4.69, 9.17) is 4.84 Å². The highest BCUT2D eigenvalue weighted by atomic mass is 16.7.